The van der Waals surface area contributed by atoms with Gasteiger partial charge in [0.2, 0.25) is 0 Å². The molecule has 2 rings (SSSR count). The molecule has 0 saturated carbocycles. The van der Waals surface area contributed by atoms with E-state index in [1.54, 1.807) is 0 Å². The molecule has 3 nitrogen and oxygen atoms in total. The molecule has 2 heterocycles. The van der Waals surface area contributed by atoms with Crippen LogP contribution >= 0.6 is 0 Å². The van der Waals surface area contributed by atoms with Crippen LogP contribution in [0.4, 0.5) is 0 Å². The molecule has 0 aliphatic rings. The van der Waals surface area contributed by atoms with Crippen molar-refractivity contribution in [1.29, 1.82) is 0 Å². The number of pyridine rings is 1. The minimum Gasteiger partial charge on any atom is -0.311 e. The van der Waals surface area contributed by atoms with E-state index >= 15 is 0 Å². The van der Waals surface area contributed by atoms with Crippen molar-refractivity contribution in [2.24, 2.45) is 0 Å². The van der Waals surface area contributed by atoms with Gasteiger partial charge in [-0.25, -0.2) is 9.97 Å². The van der Waals surface area contributed by atoms with Gasteiger partial charge in [-0.1, -0.05) is 6.92 Å². The molecule has 0 bridgehead atoms. The van der Waals surface area contributed by atoms with Gasteiger partial charge in [-0.2, -0.15) is 0 Å². The molecule has 14 heavy (non-hydrogen) atoms. The summed E-state index contributed by atoms with van der Waals surface area (Å²) in [5.41, 5.74) is 4.05. The quantitative estimate of drug-likeness (QED) is 0.687. The first-order chi connectivity index (χ1) is 6.63. The largest absolute Gasteiger partial charge is 0.311 e. The lowest BCUT2D eigenvalue weighted by atomic mass is 10.2. The summed E-state index contributed by atoms with van der Waals surface area (Å²) in [5, 5.41) is 0. The second-order valence-corrected chi connectivity index (χ2v) is 3.56. The summed E-state index contributed by atoms with van der Waals surface area (Å²) in [4.78, 5) is 8.95. The van der Waals surface area contributed by atoms with Gasteiger partial charge in [-0.05, 0) is 25.5 Å². The summed E-state index contributed by atoms with van der Waals surface area (Å²) in [6.45, 7) is 6.12. The van der Waals surface area contributed by atoms with Crippen LogP contribution in [0.1, 0.15) is 24.0 Å². The number of imidazole rings is 1. The number of hydrogen-bond acceptors (Lipinski definition) is 2. The number of aromatic nitrogens is 3. The average Bonchev–Trinajstić information content (AvgIpc) is 2.44. The molecule has 0 spiro atoms. The summed E-state index contributed by atoms with van der Waals surface area (Å²) in [7, 11) is 3.95. The summed E-state index contributed by atoms with van der Waals surface area (Å²) in [6, 6.07) is 2.05. The molecule has 0 aromatic carbocycles. The fourth-order valence-corrected chi connectivity index (χ4v) is 1.72. The summed E-state index contributed by atoms with van der Waals surface area (Å²) in [5.74, 6) is 0.987. The molecule has 73 valence electrons. The molecule has 0 atom stereocenters. The molecular weight excluding hydrogens is 174 g/mol. The number of aryl methyl sites for hydroxylation is 3. The third-order valence-corrected chi connectivity index (χ3v) is 2.42. The second-order valence-electron chi connectivity index (χ2n) is 3.56. The lowest BCUT2D eigenvalue weighted by Gasteiger charge is -1.99. The molecule has 0 aliphatic carbocycles. The summed E-state index contributed by atoms with van der Waals surface area (Å²) in [6.07, 6.45) is 0.887. The van der Waals surface area contributed by atoms with Gasteiger partial charge in [0, 0.05) is 19.2 Å². The van der Waals surface area contributed by atoms with Crippen LogP contribution in [0, 0.1) is 20.9 Å². The zero-order valence-electron chi connectivity index (χ0n) is 8.83. The van der Waals surface area contributed by atoms with Crippen LogP contribution < -0.4 is 0 Å². The van der Waals surface area contributed by atoms with Crippen LogP contribution in [-0.4, -0.2) is 14.5 Å². The molecule has 3 heteroatoms. The number of hydrogen-bond donors (Lipinski definition) is 0. The first-order valence-electron chi connectivity index (χ1n) is 4.80. The lowest BCUT2D eigenvalue weighted by molar-refractivity contribution is 0.898. The van der Waals surface area contributed by atoms with Crippen molar-refractivity contribution in [2.45, 2.75) is 27.2 Å². The van der Waals surface area contributed by atoms with E-state index in [0.29, 0.717) is 0 Å². The van der Waals surface area contributed by atoms with Gasteiger partial charge in [0.05, 0.1) is 0 Å². The van der Waals surface area contributed by atoms with E-state index in [-0.39, 0.29) is 0 Å². The maximum atomic E-state index is 4.51. The summed E-state index contributed by atoms with van der Waals surface area (Å²) >= 11 is 0. The van der Waals surface area contributed by atoms with Gasteiger partial charge in [-0.3, -0.25) is 0 Å². The highest BCUT2D eigenvalue weighted by Gasteiger charge is 2.09. The summed E-state index contributed by atoms with van der Waals surface area (Å²) < 4.78 is 1.83. The van der Waals surface area contributed by atoms with Crippen molar-refractivity contribution < 1.29 is 0 Å². The molecule has 0 fully saturated rings. The van der Waals surface area contributed by atoms with Crippen LogP contribution in [0.5, 0.6) is 0 Å². The Morgan fingerprint density at radius 3 is 2.71 bits per heavy atom. The zero-order valence-corrected chi connectivity index (χ0v) is 8.83. The maximum Gasteiger partial charge on any atom is 0.160 e. The first-order valence-corrected chi connectivity index (χ1v) is 4.80. The highest BCUT2D eigenvalue weighted by Crippen LogP contribution is 2.18. The molecule has 0 amide bonds. The Labute approximate surface area is 83.8 Å². The topological polar surface area (TPSA) is 30.7 Å². The fraction of sp³-hybridized carbons (Fsp3) is 0.364. The second kappa shape index (κ2) is 3.08. The van der Waals surface area contributed by atoms with Crippen molar-refractivity contribution in [1.82, 2.24) is 14.5 Å². The van der Waals surface area contributed by atoms with E-state index in [2.05, 4.69) is 36.9 Å². The van der Waals surface area contributed by atoms with Gasteiger partial charge in [0.1, 0.15) is 11.3 Å². The molecule has 0 unspecified atom stereocenters. The molecule has 2 aromatic rings. The van der Waals surface area contributed by atoms with E-state index in [1.165, 1.54) is 5.56 Å². The number of rotatable bonds is 1. The minimum absolute atomic E-state index is 0.887. The van der Waals surface area contributed by atoms with Crippen LogP contribution in [-0.2, 0) is 6.42 Å². The van der Waals surface area contributed by atoms with E-state index in [1.807, 2.05) is 11.5 Å². The van der Waals surface area contributed by atoms with E-state index in [9.17, 15) is 0 Å². The van der Waals surface area contributed by atoms with Crippen molar-refractivity contribution in [2.75, 3.05) is 0 Å². The van der Waals surface area contributed by atoms with Gasteiger partial charge in [0.15, 0.2) is 5.65 Å². The highest BCUT2D eigenvalue weighted by atomic mass is 15.1. The smallest absolute Gasteiger partial charge is 0.160 e. The molecule has 0 aliphatic heterocycles. The Hall–Kier alpha value is -1.38. The Kier molecular flexibility index (Phi) is 2.02. The third kappa shape index (κ3) is 1.20. The Balaban J connectivity index is 2.85. The third-order valence-electron chi connectivity index (χ3n) is 2.42. The van der Waals surface area contributed by atoms with Gasteiger partial charge < -0.3 is 4.57 Å². The highest BCUT2D eigenvalue weighted by molar-refractivity contribution is 5.76. The Morgan fingerprint density at radius 1 is 1.36 bits per heavy atom. The van der Waals surface area contributed by atoms with Crippen LogP contribution in [0.3, 0.4) is 0 Å². The average molecular weight is 188 g/mol. The van der Waals surface area contributed by atoms with Crippen molar-refractivity contribution in [3.8, 4) is 0 Å². The van der Waals surface area contributed by atoms with Crippen molar-refractivity contribution in [3.63, 3.8) is 0 Å². The van der Waals surface area contributed by atoms with Gasteiger partial charge in [0.25, 0.3) is 0 Å². The lowest BCUT2D eigenvalue weighted by Crippen LogP contribution is -1.95. The van der Waals surface area contributed by atoms with Gasteiger partial charge in [-0.15, -0.1) is 0 Å². The van der Waals surface area contributed by atoms with Crippen LogP contribution in [0.2, 0.25) is 0 Å². The Bertz CT molecular complexity index is 483. The van der Waals surface area contributed by atoms with E-state index in [4.69, 9.17) is 0 Å². The van der Waals surface area contributed by atoms with E-state index < -0.39 is 0 Å². The predicted molar refractivity (Wildman–Crippen MR) is 57.1 cm³/mol. The zero-order chi connectivity index (χ0) is 10.3. The van der Waals surface area contributed by atoms with Crippen molar-refractivity contribution >= 4 is 11.2 Å². The number of nitrogens with zero attached hydrogens (tertiary/aromatic N) is 3. The fourth-order valence-electron chi connectivity index (χ4n) is 1.72. The monoisotopic (exact) mass is 188 g/mol. The van der Waals surface area contributed by atoms with E-state index in [0.717, 1.165) is 29.1 Å². The van der Waals surface area contributed by atoms with Crippen LogP contribution in [0.15, 0.2) is 6.07 Å². The molecule has 1 radical (unpaired) electrons. The molecule has 0 N–H and O–H groups in total. The molecule has 0 saturated heterocycles. The maximum absolute atomic E-state index is 4.51. The Morgan fingerprint density at radius 2 is 2.07 bits per heavy atom. The predicted octanol–water partition coefficient (Wildman–Crippen LogP) is 2.25. The molecule has 2 aromatic heterocycles. The van der Waals surface area contributed by atoms with Crippen molar-refractivity contribution in [3.05, 3.63) is 30.2 Å². The first kappa shape index (κ1) is 9.19. The molecular formula is C11H14N3. The SMILES string of the molecule is [CH2]n1c(CC)nc2c(C)cc(C)nc21. The minimum atomic E-state index is 0.887. The standard InChI is InChI=1S/C11H14N3/c1-5-9-13-10-7(2)6-8(3)12-11(10)14(9)4/h6H,4-5H2,1-3H3. The van der Waals surface area contributed by atoms with Crippen LogP contribution in [0.25, 0.3) is 11.2 Å². The van der Waals surface area contributed by atoms with Gasteiger partial charge >= 0.3 is 0 Å². The number of fused-ring (bicyclic) bond motifs is 1. The normalized spacial score (nSPS) is 11.1.